The third-order valence-electron chi connectivity index (χ3n) is 4.59. The Kier molecular flexibility index (Phi) is 5.63. The van der Waals surface area contributed by atoms with Crippen LogP contribution in [0.3, 0.4) is 0 Å². The number of hydrogen-bond acceptors (Lipinski definition) is 5. The van der Waals surface area contributed by atoms with Crippen molar-refractivity contribution in [3.63, 3.8) is 0 Å². The maximum Gasteiger partial charge on any atom is 0.243 e. The average Bonchev–Trinajstić information content (AvgIpc) is 3.26. The van der Waals surface area contributed by atoms with Crippen LogP contribution in [0.4, 0.5) is 0 Å². The van der Waals surface area contributed by atoms with E-state index in [1.165, 1.54) is 5.56 Å². The van der Waals surface area contributed by atoms with E-state index in [0.29, 0.717) is 11.8 Å². The number of nitrogens with one attached hydrogen (secondary N) is 1. The van der Waals surface area contributed by atoms with Gasteiger partial charge in [0.1, 0.15) is 0 Å². The topological polar surface area (TPSA) is 60.2 Å². The molecule has 3 rings (SSSR count). The van der Waals surface area contributed by atoms with Crippen LogP contribution in [-0.2, 0) is 4.74 Å². The molecule has 5 nitrogen and oxygen atoms in total. The molecule has 0 aliphatic carbocycles. The summed E-state index contributed by atoms with van der Waals surface area (Å²) in [6.45, 7) is 7.96. The molecule has 3 atom stereocenters. The first kappa shape index (κ1) is 17.1. The van der Waals surface area contributed by atoms with Gasteiger partial charge in [-0.15, -0.1) is 0 Å². The molecule has 1 aliphatic heterocycles. The molecule has 0 radical (unpaired) electrons. The minimum Gasteiger partial charge on any atom is -0.381 e. The summed E-state index contributed by atoms with van der Waals surface area (Å²) in [7, 11) is 0. The Bertz CT molecular complexity index is 621. The van der Waals surface area contributed by atoms with Gasteiger partial charge in [-0.2, -0.15) is 4.98 Å². The van der Waals surface area contributed by atoms with Gasteiger partial charge < -0.3 is 9.26 Å². The predicted octanol–water partition coefficient (Wildman–Crippen LogP) is 4.01. The fraction of sp³-hybridized carbons (Fsp3) is 0.579. The van der Waals surface area contributed by atoms with Gasteiger partial charge in [-0.25, -0.2) is 0 Å². The van der Waals surface area contributed by atoms with Gasteiger partial charge >= 0.3 is 0 Å². The zero-order valence-electron chi connectivity index (χ0n) is 14.7. The molecule has 24 heavy (non-hydrogen) atoms. The summed E-state index contributed by atoms with van der Waals surface area (Å²) >= 11 is 0. The average molecular weight is 329 g/mol. The van der Waals surface area contributed by atoms with E-state index in [0.717, 1.165) is 31.9 Å². The Balaban J connectivity index is 1.72. The van der Waals surface area contributed by atoms with Crippen LogP contribution >= 0.6 is 0 Å². The van der Waals surface area contributed by atoms with E-state index in [-0.39, 0.29) is 18.0 Å². The Labute approximate surface area is 143 Å². The van der Waals surface area contributed by atoms with Gasteiger partial charge in [-0.3, -0.25) is 5.32 Å². The van der Waals surface area contributed by atoms with Crippen LogP contribution in [0.5, 0.6) is 0 Å². The molecule has 130 valence electrons. The monoisotopic (exact) mass is 329 g/mol. The summed E-state index contributed by atoms with van der Waals surface area (Å²) in [6, 6.07) is 10.8. The van der Waals surface area contributed by atoms with E-state index in [1.54, 1.807) is 0 Å². The van der Waals surface area contributed by atoms with Crippen molar-refractivity contribution in [1.29, 1.82) is 0 Å². The van der Waals surface area contributed by atoms with Crippen molar-refractivity contribution in [3.05, 3.63) is 47.6 Å². The molecule has 0 bridgehead atoms. The van der Waals surface area contributed by atoms with Crippen molar-refractivity contribution < 1.29 is 9.26 Å². The quantitative estimate of drug-likeness (QED) is 0.831. The molecule has 0 spiro atoms. The molecule has 2 aromatic rings. The van der Waals surface area contributed by atoms with E-state index < -0.39 is 0 Å². The second-order valence-corrected chi connectivity index (χ2v) is 6.96. The maximum atomic E-state index is 5.54. The molecule has 2 heterocycles. The van der Waals surface area contributed by atoms with Crippen molar-refractivity contribution in [2.45, 2.75) is 51.6 Å². The zero-order chi connectivity index (χ0) is 16.9. The minimum absolute atomic E-state index is 0.0116. The Morgan fingerprint density at radius 3 is 2.62 bits per heavy atom. The summed E-state index contributed by atoms with van der Waals surface area (Å²) in [4.78, 5) is 4.52. The van der Waals surface area contributed by atoms with E-state index in [4.69, 9.17) is 9.26 Å². The van der Waals surface area contributed by atoms with Gasteiger partial charge in [0.15, 0.2) is 5.82 Å². The molecule has 0 amide bonds. The van der Waals surface area contributed by atoms with Crippen LogP contribution in [0.25, 0.3) is 0 Å². The molecule has 0 unspecified atom stereocenters. The number of rotatable bonds is 7. The van der Waals surface area contributed by atoms with Crippen LogP contribution < -0.4 is 5.32 Å². The highest BCUT2D eigenvalue weighted by molar-refractivity contribution is 5.19. The van der Waals surface area contributed by atoms with Gasteiger partial charge in [0.05, 0.1) is 6.04 Å². The first-order chi connectivity index (χ1) is 11.6. The van der Waals surface area contributed by atoms with E-state index in [2.05, 4.69) is 66.6 Å². The van der Waals surface area contributed by atoms with E-state index >= 15 is 0 Å². The second-order valence-electron chi connectivity index (χ2n) is 6.96. The van der Waals surface area contributed by atoms with Crippen molar-refractivity contribution in [2.24, 2.45) is 5.92 Å². The summed E-state index contributed by atoms with van der Waals surface area (Å²) in [5.41, 5.74) is 1.29. The molecular formula is C19H27N3O2. The highest BCUT2D eigenvalue weighted by Gasteiger charge is 2.25. The molecular weight excluding hydrogens is 302 g/mol. The van der Waals surface area contributed by atoms with Crippen LogP contribution in [0.1, 0.15) is 68.9 Å². The summed E-state index contributed by atoms with van der Waals surface area (Å²) in [5, 5.41) is 7.75. The lowest BCUT2D eigenvalue weighted by Crippen LogP contribution is -2.27. The lowest BCUT2D eigenvalue weighted by Gasteiger charge is -2.24. The maximum absolute atomic E-state index is 5.54. The zero-order valence-corrected chi connectivity index (χ0v) is 14.7. The van der Waals surface area contributed by atoms with Crippen LogP contribution in [0, 0.1) is 5.92 Å². The molecule has 5 heteroatoms. The van der Waals surface area contributed by atoms with Gasteiger partial charge in [-0.1, -0.05) is 49.3 Å². The van der Waals surface area contributed by atoms with Gasteiger partial charge in [0.25, 0.3) is 0 Å². The Morgan fingerprint density at radius 1 is 1.21 bits per heavy atom. The number of benzene rings is 1. The number of aromatic nitrogens is 2. The molecule has 1 aromatic heterocycles. The lowest BCUT2D eigenvalue weighted by atomic mass is 9.93. The standard InChI is InChI=1S/C19H27N3O2/c1-13(2)18-21-19(24-22-18)14(3)20-17(11-15-9-10-23-12-15)16-7-5-4-6-8-16/h4-8,13-15,17,20H,9-12H2,1-3H3/t14-,15+,17+/m0/s1. The molecule has 1 fully saturated rings. The minimum atomic E-state index is 0.0116. The van der Waals surface area contributed by atoms with Crippen molar-refractivity contribution in [2.75, 3.05) is 13.2 Å². The third kappa shape index (κ3) is 4.22. The predicted molar refractivity (Wildman–Crippen MR) is 92.7 cm³/mol. The van der Waals surface area contributed by atoms with Gasteiger partial charge in [-0.05, 0) is 31.2 Å². The van der Waals surface area contributed by atoms with Crippen LogP contribution in [-0.4, -0.2) is 23.4 Å². The Hall–Kier alpha value is -1.72. The van der Waals surface area contributed by atoms with Crippen LogP contribution in [0.2, 0.25) is 0 Å². The fourth-order valence-corrected chi connectivity index (χ4v) is 3.12. The lowest BCUT2D eigenvalue weighted by molar-refractivity contribution is 0.180. The first-order valence-corrected chi connectivity index (χ1v) is 8.85. The smallest absolute Gasteiger partial charge is 0.243 e. The molecule has 0 saturated carbocycles. The summed E-state index contributed by atoms with van der Waals surface area (Å²) in [6.07, 6.45) is 2.19. The normalized spacial score (nSPS) is 20.4. The number of hydrogen-bond donors (Lipinski definition) is 1. The fourth-order valence-electron chi connectivity index (χ4n) is 3.12. The highest BCUT2D eigenvalue weighted by Crippen LogP contribution is 2.29. The largest absolute Gasteiger partial charge is 0.381 e. The first-order valence-electron chi connectivity index (χ1n) is 8.85. The Morgan fingerprint density at radius 2 is 2.00 bits per heavy atom. The van der Waals surface area contributed by atoms with Gasteiger partial charge in [0.2, 0.25) is 5.89 Å². The number of ether oxygens (including phenoxy) is 1. The third-order valence-corrected chi connectivity index (χ3v) is 4.59. The molecule has 1 aromatic carbocycles. The van der Waals surface area contributed by atoms with Crippen molar-refractivity contribution in [3.8, 4) is 0 Å². The second kappa shape index (κ2) is 7.90. The molecule has 1 saturated heterocycles. The highest BCUT2D eigenvalue weighted by atomic mass is 16.5. The van der Waals surface area contributed by atoms with Gasteiger partial charge in [0, 0.05) is 25.2 Å². The summed E-state index contributed by atoms with van der Waals surface area (Å²) in [5.74, 6) is 2.29. The number of nitrogens with zero attached hydrogens (tertiary/aromatic N) is 2. The summed E-state index contributed by atoms with van der Waals surface area (Å²) < 4.78 is 11.0. The van der Waals surface area contributed by atoms with Crippen molar-refractivity contribution in [1.82, 2.24) is 15.5 Å². The van der Waals surface area contributed by atoms with E-state index in [1.807, 2.05) is 0 Å². The van der Waals surface area contributed by atoms with Crippen molar-refractivity contribution >= 4 is 0 Å². The van der Waals surface area contributed by atoms with Crippen LogP contribution in [0.15, 0.2) is 34.9 Å². The van der Waals surface area contributed by atoms with E-state index in [9.17, 15) is 0 Å². The molecule has 1 N–H and O–H groups in total. The molecule has 1 aliphatic rings. The SMILES string of the molecule is CC(C)c1noc([C@H](C)N[C@H](C[C@H]2CCOC2)c2ccccc2)n1.